The molecule has 0 radical (unpaired) electrons. The van der Waals surface area contributed by atoms with E-state index in [-0.39, 0.29) is 22.7 Å². The molecule has 1 aromatic heterocycles. The van der Waals surface area contributed by atoms with Crippen LogP contribution in [0.2, 0.25) is 0 Å². The fourth-order valence-electron chi connectivity index (χ4n) is 2.06. The van der Waals surface area contributed by atoms with Gasteiger partial charge in [0.15, 0.2) is 5.78 Å². The second-order valence-electron chi connectivity index (χ2n) is 4.81. The van der Waals surface area contributed by atoms with Crippen molar-refractivity contribution in [3.63, 3.8) is 0 Å². The molecule has 0 aliphatic heterocycles. The van der Waals surface area contributed by atoms with Crippen molar-refractivity contribution in [2.24, 2.45) is 5.73 Å². The molecule has 0 aliphatic carbocycles. The van der Waals surface area contributed by atoms with E-state index in [0.29, 0.717) is 10.7 Å². The number of carbonyl (C=O) groups is 3. The first-order chi connectivity index (χ1) is 11.4. The van der Waals surface area contributed by atoms with Gasteiger partial charge in [-0.3, -0.25) is 14.4 Å². The predicted octanol–water partition coefficient (Wildman–Crippen LogP) is 2.31. The van der Waals surface area contributed by atoms with Crippen LogP contribution < -0.4 is 16.8 Å². The van der Waals surface area contributed by atoms with Crippen LogP contribution in [0, 0.1) is 0 Å². The summed E-state index contributed by atoms with van der Waals surface area (Å²) >= 11 is 0.983. The van der Waals surface area contributed by atoms with Crippen molar-refractivity contribution < 1.29 is 19.1 Å². The molecular formula is C16H17N3O4S. The Hall–Kier alpha value is -2.87. The topological polar surface area (TPSA) is 125 Å². The standard InChI is InChI=1S/C16H17N3O4S/c1-2-23-11(21)8-10(20)14-13(17)12(15(18)22)16(24-14)19-9-6-4-3-5-7-9/h3-7,19H,2,8,17H2,1H3,(H2,18,22). The van der Waals surface area contributed by atoms with Gasteiger partial charge in [0.1, 0.15) is 11.4 Å². The second kappa shape index (κ2) is 7.60. The van der Waals surface area contributed by atoms with Gasteiger partial charge in [-0.25, -0.2) is 0 Å². The summed E-state index contributed by atoms with van der Waals surface area (Å²) in [5, 5.41) is 3.38. The maximum absolute atomic E-state index is 12.2. The lowest BCUT2D eigenvalue weighted by Crippen LogP contribution is -2.15. The molecule has 0 unspecified atom stereocenters. The largest absolute Gasteiger partial charge is 0.466 e. The number of Topliss-reactive ketones (excluding diaryl/α,β-unsaturated/α-hetero) is 1. The van der Waals surface area contributed by atoms with E-state index in [1.807, 2.05) is 18.2 Å². The summed E-state index contributed by atoms with van der Waals surface area (Å²) in [6.45, 7) is 1.83. The molecule has 1 aromatic carbocycles. The Balaban J connectivity index is 2.33. The number of hydrogen-bond donors (Lipinski definition) is 3. The molecule has 7 nitrogen and oxygen atoms in total. The highest BCUT2D eigenvalue weighted by atomic mass is 32.1. The van der Waals surface area contributed by atoms with Crippen LogP contribution in [0.25, 0.3) is 0 Å². The number of hydrogen-bond acceptors (Lipinski definition) is 7. The molecule has 2 aromatic rings. The minimum Gasteiger partial charge on any atom is -0.466 e. The van der Waals surface area contributed by atoms with Gasteiger partial charge in [0.2, 0.25) is 0 Å². The summed E-state index contributed by atoms with van der Waals surface area (Å²) in [7, 11) is 0. The number of amides is 1. The van der Waals surface area contributed by atoms with E-state index >= 15 is 0 Å². The Bertz CT molecular complexity index is 771. The highest BCUT2D eigenvalue weighted by Gasteiger charge is 2.25. The third kappa shape index (κ3) is 3.90. The summed E-state index contributed by atoms with van der Waals surface area (Å²) in [6, 6.07) is 9.06. The third-order valence-electron chi connectivity index (χ3n) is 3.09. The Labute approximate surface area is 142 Å². The smallest absolute Gasteiger partial charge is 0.313 e. The van der Waals surface area contributed by atoms with Crippen molar-refractivity contribution in [3.8, 4) is 0 Å². The van der Waals surface area contributed by atoms with Crippen molar-refractivity contribution in [2.45, 2.75) is 13.3 Å². The van der Waals surface area contributed by atoms with Crippen LogP contribution in [0.15, 0.2) is 30.3 Å². The van der Waals surface area contributed by atoms with Crippen LogP contribution in [-0.4, -0.2) is 24.3 Å². The van der Waals surface area contributed by atoms with Crippen LogP contribution >= 0.6 is 11.3 Å². The second-order valence-corrected chi connectivity index (χ2v) is 5.83. The van der Waals surface area contributed by atoms with Crippen LogP contribution in [0.1, 0.15) is 33.4 Å². The molecule has 1 heterocycles. The first-order valence-electron chi connectivity index (χ1n) is 7.17. The zero-order chi connectivity index (χ0) is 17.7. The fourth-order valence-corrected chi connectivity index (χ4v) is 3.14. The van der Waals surface area contributed by atoms with Gasteiger partial charge in [0, 0.05) is 5.69 Å². The van der Waals surface area contributed by atoms with Crippen LogP contribution in [-0.2, 0) is 9.53 Å². The predicted molar refractivity (Wildman–Crippen MR) is 92.6 cm³/mol. The number of ketones is 1. The number of anilines is 3. The van der Waals surface area contributed by atoms with E-state index in [1.165, 1.54) is 0 Å². The number of ether oxygens (including phenoxy) is 1. The van der Waals surface area contributed by atoms with E-state index < -0.39 is 24.1 Å². The molecule has 126 valence electrons. The number of primary amides is 1. The molecule has 1 amide bonds. The Morgan fingerprint density at radius 2 is 1.88 bits per heavy atom. The molecule has 0 bridgehead atoms. The molecule has 24 heavy (non-hydrogen) atoms. The summed E-state index contributed by atoms with van der Waals surface area (Å²) in [6.07, 6.45) is -0.443. The van der Waals surface area contributed by atoms with Crippen molar-refractivity contribution in [3.05, 3.63) is 40.8 Å². The molecule has 0 saturated heterocycles. The lowest BCUT2D eigenvalue weighted by Gasteiger charge is -2.05. The zero-order valence-electron chi connectivity index (χ0n) is 13.0. The average molecular weight is 347 g/mol. The molecule has 0 spiro atoms. The number of benzene rings is 1. The lowest BCUT2D eigenvalue weighted by molar-refractivity contribution is -0.141. The van der Waals surface area contributed by atoms with Gasteiger partial charge in [0.25, 0.3) is 5.91 Å². The summed E-state index contributed by atoms with van der Waals surface area (Å²) in [4.78, 5) is 35.5. The van der Waals surface area contributed by atoms with Crippen molar-refractivity contribution in [1.29, 1.82) is 0 Å². The van der Waals surface area contributed by atoms with Gasteiger partial charge in [-0.2, -0.15) is 0 Å². The van der Waals surface area contributed by atoms with Gasteiger partial charge in [-0.1, -0.05) is 18.2 Å². The minimum absolute atomic E-state index is 0.0276. The Morgan fingerprint density at radius 1 is 1.21 bits per heavy atom. The number of nitrogens with one attached hydrogen (secondary N) is 1. The van der Waals surface area contributed by atoms with Gasteiger partial charge >= 0.3 is 5.97 Å². The number of nitrogens with two attached hydrogens (primary N) is 2. The van der Waals surface area contributed by atoms with Crippen LogP contribution in [0.3, 0.4) is 0 Å². The Morgan fingerprint density at radius 3 is 2.46 bits per heavy atom. The van der Waals surface area contributed by atoms with Crippen molar-refractivity contribution in [1.82, 2.24) is 0 Å². The zero-order valence-corrected chi connectivity index (χ0v) is 13.8. The molecular weight excluding hydrogens is 330 g/mol. The quantitative estimate of drug-likeness (QED) is 0.401. The van der Waals surface area contributed by atoms with E-state index in [0.717, 1.165) is 11.3 Å². The summed E-state index contributed by atoms with van der Waals surface area (Å²) in [5.74, 6) is -1.91. The first-order valence-corrected chi connectivity index (χ1v) is 7.98. The number of thiophene rings is 1. The van der Waals surface area contributed by atoms with Gasteiger partial charge in [-0.05, 0) is 19.1 Å². The number of nitrogen functional groups attached to an aromatic ring is 1. The molecule has 0 fully saturated rings. The normalized spacial score (nSPS) is 10.2. The van der Waals surface area contributed by atoms with E-state index in [9.17, 15) is 14.4 Å². The lowest BCUT2D eigenvalue weighted by atomic mass is 10.1. The maximum Gasteiger partial charge on any atom is 0.313 e. The number of para-hydroxylation sites is 1. The van der Waals surface area contributed by atoms with Gasteiger partial charge in [-0.15, -0.1) is 11.3 Å². The van der Waals surface area contributed by atoms with Crippen LogP contribution in [0.4, 0.5) is 16.4 Å². The maximum atomic E-state index is 12.2. The van der Waals surface area contributed by atoms with Gasteiger partial charge < -0.3 is 21.5 Å². The molecule has 0 atom stereocenters. The van der Waals surface area contributed by atoms with E-state index in [4.69, 9.17) is 16.2 Å². The summed E-state index contributed by atoms with van der Waals surface area (Å²) < 4.78 is 4.75. The molecule has 0 aliphatic rings. The SMILES string of the molecule is CCOC(=O)CC(=O)c1sc(Nc2ccccc2)c(C(N)=O)c1N. The molecule has 5 N–H and O–H groups in total. The fraction of sp³-hybridized carbons (Fsp3) is 0.188. The van der Waals surface area contributed by atoms with E-state index in [2.05, 4.69) is 5.32 Å². The highest BCUT2D eigenvalue weighted by molar-refractivity contribution is 7.19. The first kappa shape index (κ1) is 17.5. The van der Waals surface area contributed by atoms with Crippen molar-refractivity contribution in [2.75, 3.05) is 17.7 Å². The monoisotopic (exact) mass is 347 g/mol. The highest BCUT2D eigenvalue weighted by Crippen LogP contribution is 2.38. The van der Waals surface area contributed by atoms with E-state index in [1.54, 1.807) is 19.1 Å². The minimum atomic E-state index is -0.752. The van der Waals surface area contributed by atoms with Crippen molar-refractivity contribution >= 4 is 45.4 Å². The van der Waals surface area contributed by atoms with Gasteiger partial charge in [0.05, 0.1) is 22.7 Å². The molecule has 0 saturated carbocycles. The van der Waals surface area contributed by atoms with Crippen LogP contribution in [0.5, 0.6) is 0 Å². The Kier molecular flexibility index (Phi) is 5.54. The number of rotatable bonds is 7. The molecule has 8 heteroatoms. The third-order valence-corrected chi connectivity index (χ3v) is 4.25. The number of carbonyl (C=O) groups excluding carboxylic acids is 3. The average Bonchev–Trinajstić information content (AvgIpc) is 2.85. The summed E-state index contributed by atoms with van der Waals surface area (Å²) in [5.41, 5.74) is 12.0. The molecule has 2 rings (SSSR count). The number of esters is 1.